The lowest BCUT2D eigenvalue weighted by atomic mass is 10.1. The summed E-state index contributed by atoms with van der Waals surface area (Å²) in [6, 6.07) is 6.12. The van der Waals surface area contributed by atoms with Crippen LogP contribution in [0.25, 0.3) is 17.2 Å². The summed E-state index contributed by atoms with van der Waals surface area (Å²) in [6.45, 7) is 8.11. The van der Waals surface area contributed by atoms with Crippen LogP contribution in [0.2, 0.25) is 0 Å². The monoisotopic (exact) mass is 392 g/mol. The number of urea groups is 1. The van der Waals surface area contributed by atoms with Crippen molar-refractivity contribution in [2.24, 2.45) is 0 Å². The fourth-order valence-electron chi connectivity index (χ4n) is 4.15. The Kier molecular flexibility index (Phi) is 4.15. The molecule has 150 valence electrons. The molecule has 0 N–H and O–H groups in total. The minimum atomic E-state index is 0.0485. The lowest BCUT2D eigenvalue weighted by Gasteiger charge is -2.34. The van der Waals surface area contributed by atoms with Crippen molar-refractivity contribution >= 4 is 11.7 Å². The third-order valence-corrected chi connectivity index (χ3v) is 5.68. The Labute approximate surface area is 169 Å². The van der Waals surface area contributed by atoms with Gasteiger partial charge in [0.1, 0.15) is 12.0 Å². The fourth-order valence-corrected chi connectivity index (χ4v) is 4.15. The van der Waals surface area contributed by atoms with Crippen LogP contribution in [0.4, 0.5) is 10.5 Å². The van der Waals surface area contributed by atoms with Gasteiger partial charge in [0.2, 0.25) is 11.7 Å². The molecule has 0 radical (unpaired) electrons. The molecular weight excluding hydrogens is 368 g/mol. The zero-order valence-electron chi connectivity index (χ0n) is 16.9. The van der Waals surface area contributed by atoms with Crippen LogP contribution >= 0.6 is 0 Å². The van der Waals surface area contributed by atoms with Crippen molar-refractivity contribution in [1.29, 1.82) is 0 Å². The second-order valence-electron chi connectivity index (χ2n) is 8.03. The topological polar surface area (TPSA) is 80.3 Å². The molecule has 8 heteroatoms. The number of hydrogen-bond donors (Lipinski definition) is 0. The van der Waals surface area contributed by atoms with Gasteiger partial charge in [-0.2, -0.15) is 4.98 Å². The van der Waals surface area contributed by atoms with E-state index in [1.165, 1.54) is 0 Å². The van der Waals surface area contributed by atoms with Crippen molar-refractivity contribution in [1.82, 2.24) is 24.6 Å². The van der Waals surface area contributed by atoms with E-state index in [0.29, 0.717) is 24.0 Å². The second-order valence-corrected chi connectivity index (χ2v) is 8.03. The predicted molar refractivity (Wildman–Crippen MR) is 108 cm³/mol. The number of anilines is 1. The predicted octanol–water partition coefficient (Wildman–Crippen LogP) is 3.89. The molecule has 2 aliphatic heterocycles. The number of rotatable bonds is 2. The maximum absolute atomic E-state index is 13.4. The third kappa shape index (κ3) is 2.82. The highest BCUT2D eigenvalue weighted by atomic mass is 16.5. The number of amides is 2. The van der Waals surface area contributed by atoms with Gasteiger partial charge in [0, 0.05) is 19.0 Å². The van der Waals surface area contributed by atoms with E-state index in [-0.39, 0.29) is 11.9 Å². The Morgan fingerprint density at radius 3 is 2.72 bits per heavy atom. The number of imidazole rings is 1. The van der Waals surface area contributed by atoms with Gasteiger partial charge >= 0.3 is 6.03 Å². The first kappa shape index (κ1) is 17.9. The van der Waals surface area contributed by atoms with E-state index in [0.717, 1.165) is 48.6 Å². The Morgan fingerprint density at radius 1 is 1.21 bits per heavy atom. The van der Waals surface area contributed by atoms with Crippen molar-refractivity contribution in [2.45, 2.75) is 46.1 Å². The minimum Gasteiger partial charge on any atom is -0.339 e. The number of benzene rings is 1. The molecule has 5 rings (SSSR count). The van der Waals surface area contributed by atoms with Gasteiger partial charge < -0.3 is 9.42 Å². The minimum absolute atomic E-state index is 0.0485. The molecule has 4 heterocycles. The average Bonchev–Trinajstić information content (AvgIpc) is 3.46. The number of aryl methyl sites for hydroxylation is 1. The molecule has 1 saturated heterocycles. The Balaban J connectivity index is 1.62. The molecule has 0 spiro atoms. The summed E-state index contributed by atoms with van der Waals surface area (Å²) in [6.07, 6.45) is 3.90. The highest BCUT2D eigenvalue weighted by Crippen LogP contribution is 2.38. The highest BCUT2D eigenvalue weighted by Gasteiger charge is 2.34. The smallest absolute Gasteiger partial charge is 0.324 e. The summed E-state index contributed by atoms with van der Waals surface area (Å²) >= 11 is 0. The van der Waals surface area contributed by atoms with Crippen LogP contribution in [0.15, 0.2) is 29.0 Å². The molecule has 0 bridgehead atoms. The molecular formula is C21H24N6O2. The van der Waals surface area contributed by atoms with E-state index < -0.39 is 0 Å². The quantitative estimate of drug-likeness (QED) is 0.661. The van der Waals surface area contributed by atoms with Gasteiger partial charge in [-0.25, -0.2) is 9.78 Å². The van der Waals surface area contributed by atoms with Crippen molar-refractivity contribution in [3.8, 4) is 17.2 Å². The second kappa shape index (κ2) is 6.72. The van der Waals surface area contributed by atoms with Crippen LogP contribution in [-0.4, -0.2) is 43.7 Å². The number of carbonyl (C=O) groups excluding carboxylic acids is 1. The molecule has 1 fully saturated rings. The number of fused-ring (bicyclic) bond motifs is 3. The van der Waals surface area contributed by atoms with Gasteiger partial charge in [-0.3, -0.25) is 9.47 Å². The van der Waals surface area contributed by atoms with Crippen LogP contribution in [0.3, 0.4) is 0 Å². The number of para-hydroxylation sites is 1. The summed E-state index contributed by atoms with van der Waals surface area (Å²) in [4.78, 5) is 26.3. The molecule has 0 saturated carbocycles. The van der Waals surface area contributed by atoms with Crippen LogP contribution in [0.1, 0.15) is 49.8 Å². The van der Waals surface area contributed by atoms with Crippen molar-refractivity contribution in [2.75, 3.05) is 18.0 Å². The largest absolute Gasteiger partial charge is 0.339 e. The number of likely N-dealkylation sites (tertiary alicyclic amines) is 1. The molecule has 0 atom stereocenters. The number of hydrogen-bond acceptors (Lipinski definition) is 5. The standard InChI is InChI=1S/C21H24N6O2/c1-13(2)20-23-19(24-29-20)17-16-11-26(21(28)25-9-4-5-10-25)18-14(3)7-6-8-15(18)27(16)12-22-17/h6-8,12-13H,4-5,9-11H2,1-3H3. The van der Waals surface area contributed by atoms with E-state index in [2.05, 4.69) is 15.1 Å². The van der Waals surface area contributed by atoms with Crippen molar-refractivity contribution < 1.29 is 9.32 Å². The van der Waals surface area contributed by atoms with E-state index in [9.17, 15) is 4.79 Å². The Bertz CT molecular complexity index is 1080. The zero-order valence-corrected chi connectivity index (χ0v) is 16.9. The van der Waals surface area contributed by atoms with E-state index in [1.54, 1.807) is 6.33 Å². The van der Waals surface area contributed by atoms with Gasteiger partial charge in [0.05, 0.1) is 23.6 Å². The molecule has 3 aromatic rings. The lowest BCUT2D eigenvalue weighted by molar-refractivity contribution is 0.214. The molecule has 2 amide bonds. The normalized spacial score (nSPS) is 15.7. The zero-order chi connectivity index (χ0) is 20.1. The average molecular weight is 392 g/mol. The van der Waals surface area contributed by atoms with Crippen LogP contribution in [-0.2, 0) is 6.54 Å². The Hall–Kier alpha value is -3.16. The maximum atomic E-state index is 13.4. The van der Waals surface area contributed by atoms with E-state index in [4.69, 9.17) is 4.52 Å². The number of aromatic nitrogens is 4. The SMILES string of the molecule is Cc1cccc2c1N(C(=O)N1CCCC1)Cc1c(-c3noc(C(C)C)n3)ncn1-2. The van der Waals surface area contributed by atoms with E-state index >= 15 is 0 Å². The molecule has 2 aliphatic rings. The summed E-state index contributed by atoms with van der Waals surface area (Å²) in [5.74, 6) is 1.19. The third-order valence-electron chi connectivity index (χ3n) is 5.68. The molecule has 2 aromatic heterocycles. The van der Waals surface area contributed by atoms with E-state index in [1.807, 2.05) is 53.3 Å². The molecule has 0 aliphatic carbocycles. The van der Waals surface area contributed by atoms with Crippen LogP contribution in [0.5, 0.6) is 0 Å². The fraction of sp³-hybridized carbons (Fsp3) is 0.429. The first-order valence-corrected chi connectivity index (χ1v) is 10.1. The highest BCUT2D eigenvalue weighted by molar-refractivity contribution is 5.96. The molecule has 8 nitrogen and oxygen atoms in total. The van der Waals surface area contributed by atoms with Gasteiger partial charge in [0.25, 0.3) is 0 Å². The van der Waals surface area contributed by atoms with Gasteiger partial charge in [-0.05, 0) is 31.4 Å². The molecule has 0 unspecified atom stereocenters. The van der Waals surface area contributed by atoms with Gasteiger partial charge in [-0.1, -0.05) is 31.1 Å². The van der Waals surface area contributed by atoms with Gasteiger partial charge in [0.15, 0.2) is 0 Å². The summed E-state index contributed by atoms with van der Waals surface area (Å²) in [5, 5.41) is 4.13. The first-order valence-electron chi connectivity index (χ1n) is 10.1. The molecule has 29 heavy (non-hydrogen) atoms. The van der Waals surface area contributed by atoms with Crippen molar-refractivity contribution in [3.63, 3.8) is 0 Å². The first-order chi connectivity index (χ1) is 14.0. The lowest BCUT2D eigenvalue weighted by Crippen LogP contribution is -2.44. The number of carbonyl (C=O) groups is 1. The van der Waals surface area contributed by atoms with Gasteiger partial charge in [-0.15, -0.1) is 0 Å². The van der Waals surface area contributed by atoms with Crippen molar-refractivity contribution in [3.05, 3.63) is 41.7 Å². The summed E-state index contributed by atoms with van der Waals surface area (Å²) < 4.78 is 7.42. The van der Waals surface area contributed by atoms with Crippen LogP contribution < -0.4 is 4.90 Å². The Morgan fingerprint density at radius 2 is 2.00 bits per heavy atom. The summed E-state index contributed by atoms with van der Waals surface area (Å²) in [7, 11) is 0. The van der Waals surface area contributed by atoms with Crippen LogP contribution in [0, 0.1) is 6.92 Å². The summed E-state index contributed by atoms with van der Waals surface area (Å²) in [5.41, 5.74) is 4.51. The number of nitrogens with zero attached hydrogens (tertiary/aromatic N) is 6. The maximum Gasteiger partial charge on any atom is 0.324 e. The molecule has 1 aromatic carbocycles.